The summed E-state index contributed by atoms with van der Waals surface area (Å²) in [5.41, 5.74) is 1.17. The van der Waals surface area contributed by atoms with Gasteiger partial charge < -0.3 is 63.2 Å². The molecule has 0 aromatic carbocycles. The van der Waals surface area contributed by atoms with Gasteiger partial charge in [0.25, 0.3) is 11.7 Å². The Labute approximate surface area is 449 Å². The molecule has 6 aliphatic rings. The summed E-state index contributed by atoms with van der Waals surface area (Å²) in [6, 6.07) is -1.19. The smallest absolute Gasteiger partial charge is 0.329 e. The summed E-state index contributed by atoms with van der Waals surface area (Å²) in [5.74, 6) is -8.45. The maximum Gasteiger partial charge on any atom is 0.329 e. The number of aliphatic hydroxyl groups excluding tert-OH is 3. The minimum absolute atomic E-state index is 0.0351. The van der Waals surface area contributed by atoms with Gasteiger partial charge in [0.1, 0.15) is 54.6 Å². The Balaban J connectivity index is 1.31. The first-order valence-electron chi connectivity index (χ1n) is 28.0. The van der Waals surface area contributed by atoms with Gasteiger partial charge >= 0.3 is 5.97 Å². The van der Waals surface area contributed by atoms with Crippen molar-refractivity contribution in [1.29, 1.82) is 0 Å². The second-order valence-corrected chi connectivity index (χ2v) is 22.8. The van der Waals surface area contributed by atoms with Crippen LogP contribution in [-0.2, 0) is 61.9 Å². The molecule has 1 aliphatic carbocycles. The zero-order valence-corrected chi connectivity index (χ0v) is 46.4. The van der Waals surface area contributed by atoms with Crippen molar-refractivity contribution in [3.8, 4) is 0 Å². The van der Waals surface area contributed by atoms with Crippen molar-refractivity contribution in [3.05, 3.63) is 47.6 Å². The molecule has 18 nitrogen and oxygen atoms in total. The van der Waals surface area contributed by atoms with Gasteiger partial charge in [-0.15, -0.1) is 0 Å². The van der Waals surface area contributed by atoms with Crippen LogP contribution in [0.3, 0.4) is 0 Å². The van der Waals surface area contributed by atoms with E-state index in [2.05, 4.69) is 0 Å². The Hall–Kier alpha value is -3.53. The Kier molecular flexibility index (Phi) is 23.2. The summed E-state index contributed by atoms with van der Waals surface area (Å²) in [5, 5.41) is 43.8. The lowest BCUT2D eigenvalue weighted by Crippen LogP contribution is -2.61. The number of methoxy groups -OCH3 is 2. The zero-order chi connectivity index (χ0) is 55.4. The van der Waals surface area contributed by atoms with Gasteiger partial charge in [0.15, 0.2) is 5.78 Å². The lowest BCUT2D eigenvalue weighted by molar-refractivity contribution is -0.266. The molecule has 6 rings (SSSR count). The number of rotatable bonds is 10. The topological polar surface area (TPSA) is 243 Å². The predicted octanol–water partition coefficient (Wildman–Crippen LogP) is 5.09. The Morgan fingerprint density at radius 1 is 0.829 bits per heavy atom. The standard InChI is InChI=1S/C58H89NO17/c1-33-15-11-10-12-16-34(2)45(74-49-32-73-52-48(71-24-23-60)31-72-53(49)52)29-41-20-18-39(7)58(68,76-41)55(65)56(66)59-22-14-13-17-42(59)57(67)75-46(36(4)27-40-19-21-43(61)47(28-40)69-8)30-44(62)35(3)26-38(6)51(64)54(70-9)50(63)37(5)25-33/h10-12,15-16,26,33,35-37,39-43,45-49,51-54,60-61,64,68H,13-14,17-25,27-32H2,1-9H3/b12-10+,15-11+,34-16+,38-26+/t33-,35-,36-,37-,39-,40+,41+,42+,43-,45-,46+,47-,48+,49-,51-,52-,53-,54+,58-/m1/s1. The van der Waals surface area contributed by atoms with E-state index in [4.69, 9.17) is 37.9 Å². The number of carbonyl (C=O) groups excluding carboxylic acids is 5. The van der Waals surface area contributed by atoms with Crippen LogP contribution in [0.1, 0.15) is 126 Å². The third-order valence-electron chi connectivity index (χ3n) is 16.9. The van der Waals surface area contributed by atoms with Crippen LogP contribution in [0.2, 0.25) is 0 Å². The molecule has 76 heavy (non-hydrogen) atoms. The molecule has 1 amide bonds. The fourth-order valence-corrected chi connectivity index (χ4v) is 12.1. The molecule has 5 fully saturated rings. The number of piperidine rings is 1. The molecule has 1 saturated carbocycles. The number of ether oxygens (including phenoxy) is 8. The first-order valence-corrected chi connectivity index (χ1v) is 28.0. The molecule has 18 heteroatoms. The average Bonchev–Trinajstić information content (AvgIpc) is 4.00. The van der Waals surface area contributed by atoms with E-state index in [1.54, 1.807) is 40.9 Å². The molecule has 0 aromatic rings. The number of cyclic esters (lactones) is 1. The van der Waals surface area contributed by atoms with E-state index < -0.39 is 102 Å². The SMILES string of the molecule is CO[C@@H]1C[C@H](C[C@@H](C)[C@@H]2CC(=O)[C@H](C)/C=C(\C)[C@@H](O)[C@@H](OC)C(=O)[C@H](C)C[C@H](C)/C=C/C=C/C=C(\C)[C@H](O[C@@H]3CO[C@H]4[C@@H]3OC[C@@H]4OCCO)C[C@@H]3CC[C@@H](C)[C@@](O)(O3)C(=O)C(=O)N3CCCC[C@H]3C(=O)O2)CC[C@H]1O. The average molecular weight is 1070 g/mol. The van der Waals surface area contributed by atoms with Crippen molar-refractivity contribution in [1.82, 2.24) is 4.90 Å². The summed E-state index contributed by atoms with van der Waals surface area (Å²) in [7, 11) is 2.93. The molecule has 0 unspecified atom stereocenters. The number of fused-ring (bicyclic) bond motifs is 4. The lowest BCUT2D eigenvalue weighted by atomic mass is 9.78. The molecule has 4 N–H and O–H groups in total. The van der Waals surface area contributed by atoms with E-state index in [-0.39, 0.29) is 93.8 Å². The molecule has 2 bridgehead atoms. The molecular formula is C58H89NO17. The quantitative estimate of drug-likeness (QED) is 0.126. The highest BCUT2D eigenvalue weighted by molar-refractivity contribution is 6.39. The van der Waals surface area contributed by atoms with Crippen LogP contribution >= 0.6 is 0 Å². The van der Waals surface area contributed by atoms with Crippen molar-refractivity contribution in [2.24, 2.45) is 35.5 Å². The first-order chi connectivity index (χ1) is 36.2. The fraction of sp³-hybridized carbons (Fsp3) is 0.776. The Bertz CT molecular complexity index is 2090. The molecule has 4 saturated heterocycles. The molecule has 19 atom stereocenters. The minimum Gasteiger partial charge on any atom is -0.460 e. The summed E-state index contributed by atoms with van der Waals surface area (Å²) in [6.07, 6.45) is 8.40. The van der Waals surface area contributed by atoms with Gasteiger partial charge in [0.05, 0.1) is 50.8 Å². The van der Waals surface area contributed by atoms with Crippen molar-refractivity contribution >= 4 is 29.2 Å². The maximum absolute atomic E-state index is 14.6. The maximum atomic E-state index is 14.6. The second-order valence-electron chi connectivity index (χ2n) is 22.8. The summed E-state index contributed by atoms with van der Waals surface area (Å²) in [6.45, 7) is 13.1. The number of carbonyl (C=O) groups is 5. The van der Waals surface area contributed by atoms with Gasteiger partial charge in [-0.1, -0.05) is 71.1 Å². The van der Waals surface area contributed by atoms with E-state index in [1.807, 2.05) is 51.2 Å². The van der Waals surface area contributed by atoms with E-state index >= 15 is 0 Å². The van der Waals surface area contributed by atoms with Gasteiger partial charge in [0, 0.05) is 51.4 Å². The Morgan fingerprint density at radius 3 is 2.26 bits per heavy atom. The number of amides is 1. The molecule has 5 aliphatic heterocycles. The summed E-state index contributed by atoms with van der Waals surface area (Å²) in [4.78, 5) is 73.0. The molecule has 0 aromatic heterocycles. The molecule has 0 spiro atoms. The third-order valence-corrected chi connectivity index (χ3v) is 16.9. The highest BCUT2D eigenvalue weighted by Crippen LogP contribution is 2.39. The lowest BCUT2D eigenvalue weighted by Gasteiger charge is -2.43. The van der Waals surface area contributed by atoms with Crippen LogP contribution in [0, 0.1) is 35.5 Å². The molecule has 0 radical (unpaired) electrons. The highest BCUT2D eigenvalue weighted by Gasteiger charge is 2.54. The number of hydrogen-bond donors (Lipinski definition) is 4. The summed E-state index contributed by atoms with van der Waals surface area (Å²) >= 11 is 0. The number of aliphatic hydroxyl groups is 4. The van der Waals surface area contributed by atoms with Gasteiger partial charge in [-0.2, -0.15) is 0 Å². The minimum atomic E-state index is -2.53. The normalized spacial score (nSPS) is 42.0. The van der Waals surface area contributed by atoms with Gasteiger partial charge in [-0.3, -0.25) is 19.2 Å². The monoisotopic (exact) mass is 1070 g/mol. The predicted molar refractivity (Wildman–Crippen MR) is 279 cm³/mol. The molecule has 5 heterocycles. The first kappa shape index (κ1) is 61.7. The number of esters is 1. The van der Waals surface area contributed by atoms with Crippen molar-refractivity contribution in [3.63, 3.8) is 0 Å². The van der Waals surface area contributed by atoms with Crippen LogP contribution in [0.5, 0.6) is 0 Å². The van der Waals surface area contributed by atoms with Gasteiger partial charge in [-0.05, 0) is 107 Å². The van der Waals surface area contributed by atoms with Crippen molar-refractivity contribution in [2.45, 2.75) is 204 Å². The van der Waals surface area contributed by atoms with Crippen LogP contribution < -0.4 is 0 Å². The fourth-order valence-electron chi connectivity index (χ4n) is 12.1. The zero-order valence-electron chi connectivity index (χ0n) is 46.4. The number of allylic oxidation sites excluding steroid dienone is 6. The van der Waals surface area contributed by atoms with Crippen molar-refractivity contribution in [2.75, 3.05) is 47.2 Å². The van der Waals surface area contributed by atoms with Crippen LogP contribution in [0.25, 0.3) is 0 Å². The number of Topliss-reactive ketones (excluding diaryl/α,β-unsaturated/α-hetero) is 3. The largest absolute Gasteiger partial charge is 0.460 e. The van der Waals surface area contributed by atoms with E-state index in [0.29, 0.717) is 63.4 Å². The number of ketones is 3. The molecule has 428 valence electrons. The number of hydrogen-bond acceptors (Lipinski definition) is 17. The van der Waals surface area contributed by atoms with E-state index in [0.717, 1.165) is 5.57 Å². The Morgan fingerprint density at radius 2 is 1.55 bits per heavy atom. The summed E-state index contributed by atoms with van der Waals surface area (Å²) < 4.78 is 48.7. The third kappa shape index (κ3) is 15.4. The van der Waals surface area contributed by atoms with Crippen molar-refractivity contribution < 1.29 is 82.3 Å². The van der Waals surface area contributed by atoms with Crippen LogP contribution in [0.4, 0.5) is 0 Å². The number of nitrogens with zero attached hydrogens (tertiary/aromatic N) is 1. The van der Waals surface area contributed by atoms with Crippen LogP contribution in [0.15, 0.2) is 47.6 Å². The van der Waals surface area contributed by atoms with E-state index in [1.165, 1.54) is 12.0 Å². The van der Waals surface area contributed by atoms with Gasteiger partial charge in [0.2, 0.25) is 5.79 Å². The van der Waals surface area contributed by atoms with Gasteiger partial charge in [-0.25, -0.2) is 4.79 Å². The molecular weight excluding hydrogens is 983 g/mol. The second kappa shape index (κ2) is 28.6. The highest BCUT2D eigenvalue weighted by atomic mass is 16.7. The van der Waals surface area contributed by atoms with Crippen LogP contribution in [-0.4, -0.2) is 181 Å². The van der Waals surface area contributed by atoms with E-state index in [9.17, 15) is 44.4 Å².